The summed E-state index contributed by atoms with van der Waals surface area (Å²) in [5, 5.41) is 8.31. The molecule has 11 rings (SSSR count). The van der Waals surface area contributed by atoms with Gasteiger partial charge in [-0.1, -0.05) is 91.0 Å². The highest BCUT2D eigenvalue weighted by molar-refractivity contribution is 6.31. The van der Waals surface area contributed by atoms with Gasteiger partial charge in [-0.15, -0.1) is 0 Å². The fourth-order valence-corrected chi connectivity index (χ4v) is 7.57. The zero-order chi connectivity index (χ0) is 29.9. The molecule has 0 amide bonds. The molecule has 0 atom stereocenters. The van der Waals surface area contributed by atoms with Gasteiger partial charge in [0.15, 0.2) is 5.65 Å². The molecule has 0 saturated heterocycles. The average Bonchev–Trinajstić information content (AvgIpc) is 3.76. The third kappa shape index (κ3) is 3.17. The third-order valence-corrected chi connectivity index (χ3v) is 9.68. The summed E-state index contributed by atoms with van der Waals surface area (Å²) >= 11 is 0. The molecule has 4 aromatic heterocycles. The first-order chi connectivity index (χ1) is 22.8. The molecular formula is C42H23N3O. The van der Waals surface area contributed by atoms with E-state index in [1.54, 1.807) is 0 Å². The van der Waals surface area contributed by atoms with E-state index in [1.807, 2.05) is 18.2 Å². The number of hydrogen-bond acceptors (Lipinski definition) is 3. The molecule has 4 heteroatoms. The largest absolute Gasteiger partial charge is 0.456 e. The fourth-order valence-electron chi connectivity index (χ4n) is 7.57. The molecule has 0 fully saturated rings. The Labute approximate surface area is 262 Å². The minimum Gasteiger partial charge on any atom is -0.456 e. The zero-order valence-electron chi connectivity index (χ0n) is 24.5. The minimum atomic E-state index is 0.891. The van der Waals surface area contributed by atoms with Crippen molar-refractivity contribution in [1.29, 1.82) is 0 Å². The first-order valence-corrected chi connectivity index (χ1v) is 15.6. The number of fused-ring (bicyclic) bond motifs is 12. The molecule has 0 aliphatic rings. The lowest BCUT2D eigenvalue weighted by atomic mass is 9.98. The first-order valence-electron chi connectivity index (χ1n) is 15.6. The number of nitrogens with zero attached hydrogens (tertiary/aromatic N) is 3. The van der Waals surface area contributed by atoms with E-state index >= 15 is 0 Å². The van der Waals surface area contributed by atoms with Crippen LogP contribution in [0.2, 0.25) is 0 Å². The van der Waals surface area contributed by atoms with Gasteiger partial charge >= 0.3 is 0 Å². The monoisotopic (exact) mass is 585 g/mol. The molecule has 4 nitrogen and oxygen atoms in total. The summed E-state index contributed by atoms with van der Waals surface area (Å²) in [6.07, 6.45) is 0. The van der Waals surface area contributed by atoms with Gasteiger partial charge in [0.05, 0.1) is 22.1 Å². The molecule has 0 aliphatic heterocycles. The topological polar surface area (TPSA) is 43.3 Å². The highest BCUT2D eigenvalue weighted by atomic mass is 16.3. The van der Waals surface area contributed by atoms with Crippen molar-refractivity contribution >= 4 is 82.1 Å². The molecule has 0 spiro atoms. The van der Waals surface area contributed by atoms with Crippen molar-refractivity contribution in [2.24, 2.45) is 0 Å². The summed E-state index contributed by atoms with van der Waals surface area (Å²) in [7, 11) is 0. The molecule has 46 heavy (non-hydrogen) atoms. The average molecular weight is 586 g/mol. The predicted molar refractivity (Wildman–Crippen MR) is 190 cm³/mol. The quantitative estimate of drug-likeness (QED) is 0.203. The van der Waals surface area contributed by atoms with Gasteiger partial charge in [-0.3, -0.25) is 4.40 Å². The Bertz CT molecular complexity index is 3020. The highest BCUT2D eigenvalue weighted by Crippen LogP contribution is 2.44. The Morgan fingerprint density at radius 1 is 0.457 bits per heavy atom. The number of para-hydroxylation sites is 1. The van der Waals surface area contributed by atoms with Crippen LogP contribution < -0.4 is 0 Å². The number of rotatable bonds is 2. The highest BCUT2D eigenvalue weighted by Gasteiger charge is 2.22. The predicted octanol–water partition coefficient (Wildman–Crippen LogP) is 11.2. The van der Waals surface area contributed by atoms with E-state index in [9.17, 15) is 0 Å². The van der Waals surface area contributed by atoms with E-state index in [0.29, 0.717) is 0 Å². The molecule has 212 valence electrons. The Morgan fingerprint density at radius 3 is 2.09 bits per heavy atom. The maximum Gasteiger partial charge on any atom is 0.165 e. The van der Waals surface area contributed by atoms with Crippen LogP contribution in [0.4, 0.5) is 0 Å². The molecule has 0 saturated carbocycles. The maximum absolute atomic E-state index is 6.12. The lowest BCUT2D eigenvalue weighted by Crippen LogP contribution is -1.90. The van der Waals surface area contributed by atoms with Crippen LogP contribution in [0.25, 0.3) is 104 Å². The Kier molecular flexibility index (Phi) is 4.55. The molecule has 11 aromatic rings. The molecule has 0 bridgehead atoms. The number of benzene rings is 7. The maximum atomic E-state index is 6.12. The Morgan fingerprint density at radius 2 is 1.17 bits per heavy atom. The standard InChI is InChI=1S/C42H23N3O/c1-2-8-24(9-3-1)27-14-17-34-35(23-27)44-42-40(43-34)33-22-28-10-4-5-11-29(28)39-32-21-25(15-18-36(32)45(42)41(33)39)26-16-19-38-31(20-26)30-12-6-7-13-37(30)46-38/h1-23H. The number of hydrogen-bond donors (Lipinski definition) is 0. The Hall–Kier alpha value is -6.26. The summed E-state index contributed by atoms with van der Waals surface area (Å²) < 4.78 is 8.46. The number of furan rings is 1. The van der Waals surface area contributed by atoms with Crippen molar-refractivity contribution in [1.82, 2.24) is 14.4 Å². The van der Waals surface area contributed by atoms with Gasteiger partial charge in [0.25, 0.3) is 0 Å². The van der Waals surface area contributed by atoms with Gasteiger partial charge in [-0.2, -0.15) is 0 Å². The van der Waals surface area contributed by atoms with E-state index in [2.05, 4.69) is 126 Å². The van der Waals surface area contributed by atoms with Crippen molar-refractivity contribution in [2.45, 2.75) is 0 Å². The van der Waals surface area contributed by atoms with Crippen molar-refractivity contribution in [3.8, 4) is 22.3 Å². The lowest BCUT2D eigenvalue weighted by Gasteiger charge is -2.06. The molecule has 4 heterocycles. The van der Waals surface area contributed by atoms with Crippen LogP contribution >= 0.6 is 0 Å². The smallest absolute Gasteiger partial charge is 0.165 e. The van der Waals surface area contributed by atoms with E-state index in [1.165, 1.54) is 43.8 Å². The SMILES string of the molecule is c1ccc(-c2ccc3nc4c5cc6ccccc6c6c7cc(-c8ccc9oc%10ccccc%10c9c8)ccc7n(c4nc3c2)c56)cc1. The second-order valence-corrected chi connectivity index (χ2v) is 12.2. The first kappa shape index (κ1) is 24.1. The van der Waals surface area contributed by atoms with Crippen molar-refractivity contribution in [2.75, 3.05) is 0 Å². The van der Waals surface area contributed by atoms with E-state index in [4.69, 9.17) is 14.4 Å². The number of aromatic nitrogens is 3. The summed E-state index contributed by atoms with van der Waals surface area (Å²) in [4.78, 5) is 10.6. The van der Waals surface area contributed by atoms with Crippen molar-refractivity contribution < 1.29 is 4.42 Å². The van der Waals surface area contributed by atoms with Crippen LogP contribution in [0.1, 0.15) is 0 Å². The van der Waals surface area contributed by atoms with Gasteiger partial charge in [0.2, 0.25) is 0 Å². The molecule has 7 aromatic carbocycles. The van der Waals surface area contributed by atoms with Gasteiger partial charge < -0.3 is 4.42 Å². The summed E-state index contributed by atoms with van der Waals surface area (Å²) in [6.45, 7) is 0. The second kappa shape index (κ2) is 8.68. The van der Waals surface area contributed by atoms with Gasteiger partial charge in [-0.25, -0.2) is 9.97 Å². The zero-order valence-corrected chi connectivity index (χ0v) is 24.5. The van der Waals surface area contributed by atoms with Crippen LogP contribution in [0.15, 0.2) is 144 Å². The van der Waals surface area contributed by atoms with E-state index in [-0.39, 0.29) is 0 Å². The van der Waals surface area contributed by atoms with Crippen LogP contribution in [-0.4, -0.2) is 14.4 Å². The van der Waals surface area contributed by atoms with Crippen LogP contribution in [0.3, 0.4) is 0 Å². The van der Waals surface area contributed by atoms with E-state index in [0.717, 1.165) is 60.6 Å². The molecular weight excluding hydrogens is 562 g/mol. The minimum absolute atomic E-state index is 0.891. The van der Waals surface area contributed by atoms with Crippen LogP contribution in [0.5, 0.6) is 0 Å². The fraction of sp³-hybridized carbons (Fsp3) is 0. The van der Waals surface area contributed by atoms with E-state index < -0.39 is 0 Å². The van der Waals surface area contributed by atoms with Gasteiger partial charge in [0, 0.05) is 26.9 Å². The molecule has 0 aliphatic carbocycles. The molecule has 0 N–H and O–H groups in total. The van der Waals surface area contributed by atoms with Gasteiger partial charge in [0.1, 0.15) is 16.7 Å². The van der Waals surface area contributed by atoms with Crippen molar-refractivity contribution in [3.63, 3.8) is 0 Å². The van der Waals surface area contributed by atoms with Gasteiger partial charge in [-0.05, 0) is 81.6 Å². The normalized spacial score (nSPS) is 12.3. The van der Waals surface area contributed by atoms with Crippen LogP contribution in [0, 0.1) is 0 Å². The van der Waals surface area contributed by atoms with Crippen molar-refractivity contribution in [3.05, 3.63) is 140 Å². The summed E-state index contributed by atoms with van der Waals surface area (Å²) in [5.41, 5.74) is 12.4. The summed E-state index contributed by atoms with van der Waals surface area (Å²) in [6, 6.07) is 49.4. The third-order valence-electron chi connectivity index (χ3n) is 9.68. The lowest BCUT2D eigenvalue weighted by molar-refractivity contribution is 0.669. The molecule has 0 unspecified atom stereocenters. The molecule has 0 radical (unpaired) electrons. The van der Waals surface area contributed by atoms with Crippen LogP contribution in [-0.2, 0) is 0 Å². The summed E-state index contributed by atoms with van der Waals surface area (Å²) in [5.74, 6) is 0. The second-order valence-electron chi connectivity index (χ2n) is 12.2. The Balaban J connectivity index is 1.22.